The molecule has 1 heterocycles. The third-order valence-corrected chi connectivity index (χ3v) is 6.31. The minimum atomic E-state index is -0.962. The largest absolute Gasteiger partial charge is 0.497 e. The summed E-state index contributed by atoms with van der Waals surface area (Å²) < 4.78 is 10.5. The second-order valence-electron chi connectivity index (χ2n) is 8.93. The molecule has 188 valence electrons. The van der Waals surface area contributed by atoms with Gasteiger partial charge in [-0.15, -0.1) is 0 Å². The lowest BCUT2D eigenvalue weighted by molar-refractivity contribution is -0.126. The number of benzene rings is 2. The molecule has 0 aliphatic heterocycles. The fourth-order valence-corrected chi connectivity index (χ4v) is 4.53. The summed E-state index contributed by atoms with van der Waals surface area (Å²) in [5.41, 5.74) is 2.10. The second-order valence-corrected chi connectivity index (χ2v) is 8.93. The number of hydrogen-bond donors (Lipinski definition) is 2. The Hall–Kier alpha value is -4.07. The van der Waals surface area contributed by atoms with E-state index in [1.807, 2.05) is 25.1 Å². The van der Waals surface area contributed by atoms with E-state index in [9.17, 15) is 14.4 Å². The Morgan fingerprint density at radius 2 is 1.83 bits per heavy atom. The van der Waals surface area contributed by atoms with Gasteiger partial charge in [-0.3, -0.25) is 19.3 Å². The van der Waals surface area contributed by atoms with Crippen LogP contribution >= 0.6 is 0 Å². The van der Waals surface area contributed by atoms with Crippen molar-refractivity contribution < 1.29 is 23.5 Å². The average Bonchev–Trinajstić information content (AvgIpc) is 3.60. The van der Waals surface area contributed by atoms with E-state index in [0.717, 1.165) is 31.2 Å². The number of rotatable bonds is 9. The first-order valence-corrected chi connectivity index (χ1v) is 12.1. The zero-order valence-electron chi connectivity index (χ0n) is 20.5. The van der Waals surface area contributed by atoms with Gasteiger partial charge in [0, 0.05) is 11.7 Å². The van der Waals surface area contributed by atoms with Crippen LogP contribution < -0.4 is 20.3 Å². The molecule has 3 amide bonds. The Bertz CT molecular complexity index is 1200. The molecule has 1 fully saturated rings. The maximum Gasteiger partial charge on any atom is 0.287 e. The first-order valence-electron chi connectivity index (χ1n) is 12.1. The van der Waals surface area contributed by atoms with Gasteiger partial charge in [0.05, 0.1) is 19.9 Å². The summed E-state index contributed by atoms with van der Waals surface area (Å²) in [6.45, 7) is 1.61. The highest BCUT2D eigenvalue weighted by atomic mass is 16.5. The molecule has 3 aromatic rings. The molecule has 1 saturated carbocycles. The Kier molecular flexibility index (Phi) is 8.05. The van der Waals surface area contributed by atoms with Crippen molar-refractivity contribution in [1.82, 2.24) is 10.6 Å². The van der Waals surface area contributed by atoms with Crippen LogP contribution in [0.15, 0.2) is 71.3 Å². The summed E-state index contributed by atoms with van der Waals surface area (Å²) >= 11 is 0. The van der Waals surface area contributed by atoms with E-state index in [0.29, 0.717) is 17.0 Å². The van der Waals surface area contributed by atoms with E-state index in [2.05, 4.69) is 10.6 Å². The van der Waals surface area contributed by atoms with E-state index in [1.54, 1.807) is 43.5 Å². The number of aryl methyl sites for hydroxylation is 1. The van der Waals surface area contributed by atoms with E-state index in [4.69, 9.17) is 9.15 Å². The molecule has 8 heteroatoms. The molecular formula is C28H31N3O5. The van der Waals surface area contributed by atoms with Gasteiger partial charge in [0.15, 0.2) is 5.76 Å². The monoisotopic (exact) mass is 489 g/mol. The highest BCUT2D eigenvalue weighted by molar-refractivity contribution is 6.04. The van der Waals surface area contributed by atoms with E-state index in [-0.39, 0.29) is 24.3 Å². The first kappa shape index (κ1) is 25.0. The summed E-state index contributed by atoms with van der Waals surface area (Å²) in [6, 6.07) is 16.8. The Morgan fingerprint density at radius 1 is 1.06 bits per heavy atom. The normalized spacial score (nSPS) is 14.2. The Balaban J connectivity index is 1.70. The molecule has 36 heavy (non-hydrogen) atoms. The van der Waals surface area contributed by atoms with Crippen LogP contribution in [-0.4, -0.2) is 37.4 Å². The minimum Gasteiger partial charge on any atom is -0.497 e. The van der Waals surface area contributed by atoms with E-state index in [1.165, 1.54) is 17.2 Å². The standard InChI is InChI=1S/C28H31N3O5/c1-19-8-5-12-22(16-19)31(25(32)18-29-27(33)24-14-7-15-36-24)26(20-9-6-13-23(17-20)35-2)28(34)30-21-10-3-4-11-21/h5-9,12-17,21,26H,3-4,10-11,18H2,1-2H3,(H,29,33)(H,30,34)/t26-/m1/s1. The average molecular weight is 490 g/mol. The zero-order valence-corrected chi connectivity index (χ0v) is 20.5. The summed E-state index contributed by atoms with van der Waals surface area (Å²) in [5.74, 6) is -0.537. The smallest absolute Gasteiger partial charge is 0.287 e. The van der Waals surface area contributed by atoms with Crippen LogP contribution in [0.3, 0.4) is 0 Å². The molecule has 2 aromatic carbocycles. The molecule has 0 unspecified atom stereocenters. The first-order chi connectivity index (χ1) is 17.5. The van der Waals surface area contributed by atoms with Gasteiger partial charge >= 0.3 is 0 Å². The highest BCUT2D eigenvalue weighted by Gasteiger charge is 2.34. The number of furan rings is 1. The molecule has 0 spiro atoms. The van der Waals surface area contributed by atoms with Crippen LogP contribution in [-0.2, 0) is 9.59 Å². The zero-order chi connectivity index (χ0) is 25.5. The fourth-order valence-electron chi connectivity index (χ4n) is 4.53. The molecular weight excluding hydrogens is 458 g/mol. The molecule has 0 saturated heterocycles. The van der Waals surface area contributed by atoms with Gasteiger partial charge < -0.3 is 19.8 Å². The SMILES string of the molecule is COc1cccc([C@H](C(=O)NC2CCCC2)N(C(=O)CNC(=O)c2ccco2)c2cccc(C)c2)c1. The predicted octanol–water partition coefficient (Wildman–Crippen LogP) is 4.16. The number of ether oxygens (including phenoxy) is 1. The van der Waals surface area contributed by atoms with Crippen LogP contribution in [0, 0.1) is 6.92 Å². The molecule has 0 radical (unpaired) electrons. The molecule has 1 aromatic heterocycles. The minimum absolute atomic E-state index is 0.0683. The number of nitrogens with one attached hydrogen (secondary N) is 2. The summed E-state index contributed by atoms with van der Waals surface area (Å²) in [6.07, 6.45) is 5.34. The molecule has 8 nitrogen and oxygen atoms in total. The Morgan fingerprint density at radius 3 is 2.53 bits per heavy atom. The summed E-state index contributed by atoms with van der Waals surface area (Å²) in [5, 5.41) is 5.76. The van der Waals surface area contributed by atoms with Crippen LogP contribution in [0.25, 0.3) is 0 Å². The van der Waals surface area contributed by atoms with Crippen molar-refractivity contribution in [3.8, 4) is 5.75 Å². The maximum absolute atomic E-state index is 13.8. The lowest BCUT2D eigenvalue weighted by Crippen LogP contribution is -2.49. The van der Waals surface area contributed by atoms with Crippen molar-refractivity contribution in [3.63, 3.8) is 0 Å². The van der Waals surface area contributed by atoms with Gasteiger partial charge in [0.25, 0.3) is 5.91 Å². The van der Waals surface area contributed by atoms with Crippen LogP contribution in [0.4, 0.5) is 5.69 Å². The molecule has 1 atom stereocenters. The van der Waals surface area contributed by atoms with Gasteiger partial charge in [0.1, 0.15) is 11.8 Å². The third kappa shape index (κ3) is 5.94. The summed E-state index contributed by atoms with van der Waals surface area (Å²) in [7, 11) is 1.56. The van der Waals surface area contributed by atoms with Crippen LogP contribution in [0.2, 0.25) is 0 Å². The highest BCUT2D eigenvalue weighted by Crippen LogP contribution is 2.31. The number of carbonyl (C=O) groups is 3. The molecule has 2 N–H and O–H groups in total. The van der Waals surface area contributed by atoms with Gasteiger partial charge in [-0.25, -0.2) is 0 Å². The maximum atomic E-state index is 13.8. The summed E-state index contributed by atoms with van der Waals surface area (Å²) in [4.78, 5) is 41.4. The molecule has 4 rings (SSSR count). The second kappa shape index (κ2) is 11.6. The molecule has 1 aliphatic rings. The van der Waals surface area contributed by atoms with Crippen molar-refractivity contribution in [2.75, 3.05) is 18.6 Å². The van der Waals surface area contributed by atoms with Crippen molar-refractivity contribution in [2.45, 2.75) is 44.7 Å². The van der Waals surface area contributed by atoms with Gasteiger partial charge in [-0.05, 0) is 67.3 Å². The third-order valence-electron chi connectivity index (χ3n) is 6.31. The fraction of sp³-hybridized carbons (Fsp3) is 0.321. The quantitative estimate of drug-likeness (QED) is 0.470. The predicted molar refractivity (Wildman–Crippen MR) is 136 cm³/mol. The number of methoxy groups -OCH3 is 1. The number of hydrogen-bond acceptors (Lipinski definition) is 5. The van der Waals surface area contributed by atoms with Crippen molar-refractivity contribution in [3.05, 3.63) is 83.8 Å². The van der Waals surface area contributed by atoms with E-state index < -0.39 is 17.9 Å². The topological polar surface area (TPSA) is 101 Å². The van der Waals surface area contributed by atoms with Gasteiger partial charge in [-0.2, -0.15) is 0 Å². The van der Waals surface area contributed by atoms with Crippen LogP contribution in [0.5, 0.6) is 5.75 Å². The number of amides is 3. The van der Waals surface area contributed by atoms with Crippen molar-refractivity contribution >= 4 is 23.4 Å². The lowest BCUT2D eigenvalue weighted by Gasteiger charge is -2.32. The van der Waals surface area contributed by atoms with E-state index >= 15 is 0 Å². The number of nitrogens with zero attached hydrogens (tertiary/aromatic N) is 1. The lowest BCUT2D eigenvalue weighted by atomic mass is 10.0. The van der Waals surface area contributed by atoms with Crippen molar-refractivity contribution in [2.24, 2.45) is 0 Å². The number of anilines is 1. The van der Waals surface area contributed by atoms with Crippen LogP contribution in [0.1, 0.15) is 53.4 Å². The Labute approximate surface area is 210 Å². The van der Waals surface area contributed by atoms with Crippen molar-refractivity contribution in [1.29, 1.82) is 0 Å². The molecule has 1 aliphatic carbocycles. The van der Waals surface area contributed by atoms with Gasteiger partial charge in [-0.1, -0.05) is 37.1 Å². The number of carbonyl (C=O) groups excluding carboxylic acids is 3. The van der Waals surface area contributed by atoms with Gasteiger partial charge in [0.2, 0.25) is 11.8 Å². The molecule has 0 bridgehead atoms.